The third-order valence-corrected chi connectivity index (χ3v) is 5.80. The molecule has 2 aromatic carbocycles. The number of halogens is 1. The van der Waals surface area contributed by atoms with Crippen molar-refractivity contribution in [2.75, 3.05) is 18.0 Å². The van der Waals surface area contributed by atoms with Gasteiger partial charge in [0, 0.05) is 35.4 Å². The minimum absolute atomic E-state index is 0.222. The number of nitrogens with one attached hydrogen (secondary N) is 1. The van der Waals surface area contributed by atoms with E-state index in [1.807, 2.05) is 49.4 Å². The molecule has 0 aromatic heterocycles. The summed E-state index contributed by atoms with van der Waals surface area (Å²) in [5.41, 5.74) is 3.72. The van der Waals surface area contributed by atoms with Gasteiger partial charge >= 0.3 is 11.8 Å². The Balaban J connectivity index is 1.52. The third-order valence-electron chi connectivity index (χ3n) is 5.31. The molecule has 0 unspecified atom stereocenters. The van der Waals surface area contributed by atoms with Gasteiger partial charge in [-0.15, -0.1) is 0 Å². The summed E-state index contributed by atoms with van der Waals surface area (Å²) in [7, 11) is 0. The van der Waals surface area contributed by atoms with Gasteiger partial charge in [0.15, 0.2) is 0 Å². The minimum Gasteiger partial charge on any atom is -0.332 e. The van der Waals surface area contributed by atoms with E-state index in [1.165, 1.54) is 10.5 Å². The van der Waals surface area contributed by atoms with Crippen LogP contribution in [0.4, 0.5) is 5.69 Å². The van der Waals surface area contributed by atoms with Crippen LogP contribution in [0.3, 0.4) is 0 Å². The molecule has 0 aliphatic carbocycles. The predicted octanol–water partition coefficient (Wildman–Crippen LogP) is 2.56. The summed E-state index contributed by atoms with van der Waals surface area (Å²) in [4.78, 5) is 41.3. The highest BCUT2D eigenvalue weighted by Gasteiger charge is 2.39. The van der Waals surface area contributed by atoms with E-state index in [2.05, 4.69) is 21.2 Å². The number of carbonyl (C=O) groups excluding carboxylic acids is 3. The van der Waals surface area contributed by atoms with E-state index in [4.69, 9.17) is 0 Å². The Morgan fingerprint density at radius 3 is 2.68 bits per heavy atom. The molecule has 0 bridgehead atoms. The summed E-state index contributed by atoms with van der Waals surface area (Å²) in [5, 5.41) is 2.66. The maximum absolute atomic E-state index is 12.8. The molecular formula is C21H20BrN3O3. The Kier molecular flexibility index (Phi) is 4.93. The van der Waals surface area contributed by atoms with Crippen molar-refractivity contribution in [3.8, 4) is 0 Å². The lowest BCUT2D eigenvalue weighted by Crippen LogP contribution is -2.47. The molecule has 144 valence electrons. The highest BCUT2D eigenvalue weighted by molar-refractivity contribution is 9.10. The monoisotopic (exact) mass is 441 g/mol. The van der Waals surface area contributed by atoms with Crippen molar-refractivity contribution in [1.82, 2.24) is 10.2 Å². The lowest BCUT2D eigenvalue weighted by atomic mass is 10.00. The fourth-order valence-electron chi connectivity index (χ4n) is 3.88. The normalized spacial score (nSPS) is 17.9. The van der Waals surface area contributed by atoms with Crippen molar-refractivity contribution in [3.05, 3.63) is 63.6 Å². The zero-order valence-electron chi connectivity index (χ0n) is 15.4. The highest BCUT2D eigenvalue weighted by Crippen LogP contribution is 2.37. The molecule has 7 heteroatoms. The first-order valence-electron chi connectivity index (χ1n) is 9.27. The van der Waals surface area contributed by atoms with Crippen LogP contribution in [0.25, 0.3) is 0 Å². The number of amides is 3. The molecule has 4 rings (SSSR count). The average Bonchev–Trinajstić information content (AvgIpc) is 2.97. The molecule has 0 fully saturated rings. The van der Waals surface area contributed by atoms with Crippen LogP contribution in [-0.4, -0.2) is 35.7 Å². The largest absolute Gasteiger partial charge is 0.332 e. The van der Waals surface area contributed by atoms with Gasteiger partial charge in [-0.05, 0) is 42.7 Å². The Labute approximate surface area is 171 Å². The molecule has 28 heavy (non-hydrogen) atoms. The lowest BCUT2D eigenvalue weighted by Gasteiger charge is -2.28. The second-order valence-corrected chi connectivity index (χ2v) is 7.85. The standard InChI is InChI=1S/C21H20BrN3O3/c1-2-25-17-8-7-15(22)11-16(17)18(20(25)27)23-19(26)21(28)24-10-9-13-5-3-4-6-14(13)12-24/h3-8,11,18H,2,9-10,12H2,1H3,(H,23,26)/t18-/m0/s1. The van der Waals surface area contributed by atoms with Crippen molar-refractivity contribution in [2.45, 2.75) is 25.9 Å². The van der Waals surface area contributed by atoms with Gasteiger partial charge in [0.2, 0.25) is 0 Å². The summed E-state index contributed by atoms with van der Waals surface area (Å²) in [5.74, 6) is -1.57. The molecule has 1 atom stereocenters. The van der Waals surface area contributed by atoms with Gasteiger partial charge in [-0.3, -0.25) is 14.4 Å². The first-order valence-corrected chi connectivity index (χ1v) is 10.1. The molecule has 0 saturated carbocycles. The maximum Gasteiger partial charge on any atom is 0.312 e. The van der Waals surface area contributed by atoms with E-state index in [0.29, 0.717) is 25.2 Å². The number of hydrogen-bond donors (Lipinski definition) is 1. The van der Waals surface area contributed by atoms with E-state index in [9.17, 15) is 14.4 Å². The fourth-order valence-corrected chi connectivity index (χ4v) is 4.26. The summed E-state index contributed by atoms with van der Waals surface area (Å²) >= 11 is 3.41. The van der Waals surface area contributed by atoms with Crippen LogP contribution >= 0.6 is 15.9 Å². The molecule has 2 aromatic rings. The molecule has 2 aliphatic heterocycles. The number of rotatable bonds is 2. The maximum atomic E-state index is 12.8. The van der Waals surface area contributed by atoms with E-state index in [0.717, 1.165) is 22.1 Å². The SMILES string of the molecule is CCN1C(=O)[C@@H](NC(=O)C(=O)N2CCc3ccccc3C2)c2cc(Br)ccc21. The Bertz CT molecular complexity index is 975. The van der Waals surface area contributed by atoms with Gasteiger partial charge in [-0.2, -0.15) is 0 Å². The van der Waals surface area contributed by atoms with Gasteiger partial charge in [0.25, 0.3) is 5.91 Å². The summed E-state index contributed by atoms with van der Waals surface area (Å²) in [6, 6.07) is 12.6. The van der Waals surface area contributed by atoms with Crippen molar-refractivity contribution in [2.24, 2.45) is 0 Å². The molecular weight excluding hydrogens is 422 g/mol. The lowest BCUT2D eigenvalue weighted by molar-refractivity contribution is -0.147. The van der Waals surface area contributed by atoms with E-state index in [1.54, 1.807) is 4.90 Å². The Morgan fingerprint density at radius 2 is 1.93 bits per heavy atom. The van der Waals surface area contributed by atoms with Gasteiger partial charge in [0.05, 0.1) is 0 Å². The Hall–Kier alpha value is -2.67. The molecule has 2 heterocycles. The summed E-state index contributed by atoms with van der Waals surface area (Å²) < 4.78 is 0.815. The fraction of sp³-hybridized carbons (Fsp3) is 0.286. The predicted molar refractivity (Wildman–Crippen MR) is 109 cm³/mol. The number of hydrogen-bond acceptors (Lipinski definition) is 3. The number of nitrogens with zero attached hydrogens (tertiary/aromatic N) is 2. The molecule has 2 aliphatic rings. The molecule has 3 amide bonds. The second-order valence-electron chi connectivity index (χ2n) is 6.94. The number of fused-ring (bicyclic) bond motifs is 2. The van der Waals surface area contributed by atoms with Crippen LogP contribution < -0.4 is 10.2 Å². The molecule has 0 saturated heterocycles. The molecule has 0 radical (unpaired) electrons. The Morgan fingerprint density at radius 1 is 1.18 bits per heavy atom. The van der Waals surface area contributed by atoms with Crippen molar-refractivity contribution >= 4 is 39.3 Å². The van der Waals surface area contributed by atoms with Gasteiger partial charge in [-0.25, -0.2) is 0 Å². The van der Waals surface area contributed by atoms with E-state index < -0.39 is 17.9 Å². The number of likely N-dealkylation sites (N-methyl/N-ethyl adjacent to an activating group) is 1. The van der Waals surface area contributed by atoms with Crippen molar-refractivity contribution in [3.63, 3.8) is 0 Å². The highest BCUT2D eigenvalue weighted by atomic mass is 79.9. The number of carbonyl (C=O) groups is 3. The third kappa shape index (κ3) is 3.20. The average molecular weight is 442 g/mol. The van der Waals surface area contributed by atoms with Crippen LogP contribution in [0.1, 0.15) is 29.7 Å². The van der Waals surface area contributed by atoms with Gasteiger partial charge in [0.1, 0.15) is 6.04 Å². The zero-order chi connectivity index (χ0) is 19.8. The number of anilines is 1. The summed E-state index contributed by atoms with van der Waals surface area (Å²) in [6.45, 7) is 3.27. The topological polar surface area (TPSA) is 69.7 Å². The number of benzene rings is 2. The van der Waals surface area contributed by atoms with Crippen LogP contribution in [0.5, 0.6) is 0 Å². The van der Waals surface area contributed by atoms with E-state index in [-0.39, 0.29) is 5.91 Å². The van der Waals surface area contributed by atoms with Crippen LogP contribution in [0, 0.1) is 0 Å². The first-order chi connectivity index (χ1) is 13.5. The minimum atomic E-state index is -0.846. The van der Waals surface area contributed by atoms with Crippen LogP contribution in [0.15, 0.2) is 46.9 Å². The van der Waals surface area contributed by atoms with Crippen LogP contribution in [0.2, 0.25) is 0 Å². The molecule has 1 N–H and O–H groups in total. The van der Waals surface area contributed by atoms with E-state index >= 15 is 0 Å². The van der Waals surface area contributed by atoms with Crippen molar-refractivity contribution in [1.29, 1.82) is 0 Å². The first kappa shape index (κ1) is 18.7. The van der Waals surface area contributed by atoms with Crippen molar-refractivity contribution < 1.29 is 14.4 Å². The molecule has 6 nitrogen and oxygen atoms in total. The van der Waals surface area contributed by atoms with Gasteiger partial charge in [-0.1, -0.05) is 40.2 Å². The second kappa shape index (κ2) is 7.39. The molecule has 0 spiro atoms. The van der Waals surface area contributed by atoms with Crippen LogP contribution in [-0.2, 0) is 27.3 Å². The summed E-state index contributed by atoms with van der Waals surface area (Å²) in [6.07, 6.45) is 0.719. The quantitative estimate of drug-likeness (QED) is 0.727. The zero-order valence-corrected chi connectivity index (χ0v) is 17.0. The van der Waals surface area contributed by atoms with Gasteiger partial charge < -0.3 is 15.1 Å². The smallest absolute Gasteiger partial charge is 0.312 e.